The predicted molar refractivity (Wildman–Crippen MR) is 115 cm³/mol. The predicted octanol–water partition coefficient (Wildman–Crippen LogP) is 3.01. The molecule has 0 aliphatic carbocycles. The maximum Gasteiger partial charge on any atom is 0.335 e. The van der Waals surface area contributed by atoms with Crippen LogP contribution in [0.2, 0.25) is 0 Å². The van der Waals surface area contributed by atoms with Gasteiger partial charge in [-0.15, -0.1) is 0 Å². The Labute approximate surface area is 179 Å². The standard InChI is InChI=1S/C24H21N3O4/c1-16(19-12-11-18-9-5-6-10-20(18)13-19)25-21(28)15-27-23(30)22(29)26(24(27)31)14-17-7-3-2-4-8-17/h2-13,16H,14-15H2,1H3,(H,25,28). The molecule has 7 nitrogen and oxygen atoms in total. The van der Waals surface area contributed by atoms with Crippen molar-refractivity contribution in [2.24, 2.45) is 0 Å². The molecule has 1 N–H and O–H groups in total. The Bertz CT molecular complexity index is 1180. The lowest BCUT2D eigenvalue weighted by Gasteiger charge is -2.18. The zero-order valence-corrected chi connectivity index (χ0v) is 16.9. The molecule has 1 atom stereocenters. The van der Waals surface area contributed by atoms with Gasteiger partial charge in [-0.05, 0) is 34.9 Å². The van der Waals surface area contributed by atoms with Gasteiger partial charge < -0.3 is 5.32 Å². The van der Waals surface area contributed by atoms with Crippen LogP contribution in [0.15, 0.2) is 72.8 Å². The molecule has 1 aliphatic heterocycles. The quantitative estimate of drug-likeness (QED) is 0.495. The van der Waals surface area contributed by atoms with Crippen LogP contribution >= 0.6 is 0 Å². The maximum atomic E-state index is 12.6. The Morgan fingerprint density at radius 1 is 0.839 bits per heavy atom. The van der Waals surface area contributed by atoms with Crippen molar-refractivity contribution in [2.75, 3.05) is 6.54 Å². The lowest BCUT2D eigenvalue weighted by molar-refractivity contribution is -0.144. The molecule has 0 saturated carbocycles. The molecule has 31 heavy (non-hydrogen) atoms. The van der Waals surface area contributed by atoms with Crippen molar-refractivity contribution in [1.29, 1.82) is 0 Å². The topological polar surface area (TPSA) is 86.8 Å². The van der Waals surface area contributed by atoms with Crippen LogP contribution in [0.3, 0.4) is 0 Å². The molecule has 7 heteroatoms. The van der Waals surface area contributed by atoms with E-state index in [-0.39, 0.29) is 12.6 Å². The molecule has 0 aromatic heterocycles. The summed E-state index contributed by atoms with van der Waals surface area (Å²) < 4.78 is 0. The first-order valence-electron chi connectivity index (χ1n) is 9.93. The Morgan fingerprint density at radius 3 is 2.23 bits per heavy atom. The van der Waals surface area contributed by atoms with E-state index in [2.05, 4.69) is 5.32 Å². The van der Waals surface area contributed by atoms with E-state index >= 15 is 0 Å². The highest BCUT2D eigenvalue weighted by atomic mass is 16.2. The number of rotatable bonds is 6. The summed E-state index contributed by atoms with van der Waals surface area (Å²) in [6.45, 7) is 1.30. The van der Waals surface area contributed by atoms with E-state index in [4.69, 9.17) is 0 Å². The van der Waals surface area contributed by atoms with Crippen molar-refractivity contribution in [3.63, 3.8) is 0 Å². The van der Waals surface area contributed by atoms with E-state index in [1.807, 2.05) is 55.5 Å². The third-order valence-corrected chi connectivity index (χ3v) is 5.27. The van der Waals surface area contributed by atoms with Gasteiger partial charge in [0, 0.05) is 0 Å². The largest absolute Gasteiger partial charge is 0.348 e. The molecular weight excluding hydrogens is 394 g/mol. The average molecular weight is 415 g/mol. The molecule has 5 amide bonds. The van der Waals surface area contributed by atoms with Crippen molar-refractivity contribution in [1.82, 2.24) is 15.1 Å². The van der Waals surface area contributed by atoms with Gasteiger partial charge in [0.25, 0.3) is 0 Å². The number of nitrogens with one attached hydrogen (secondary N) is 1. The summed E-state index contributed by atoms with van der Waals surface area (Å²) in [5.41, 5.74) is 1.61. The third-order valence-electron chi connectivity index (χ3n) is 5.27. The van der Waals surface area contributed by atoms with Gasteiger partial charge in [0.2, 0.25) is 5.91 Å². The number of carbonyl (C=O) groups excluding carboxylic acids is 4. The van der Waals surface area contributed by atoms with Crippen LogP contribution in [0.4, 0.5) is 4.79 Å². The van der Waals surface area contributed by atoms with Crippen LogP contribution < -0.4 is 5.32 Å². The summed E-state index contributed by atoms with van der Waals surface area (Å²) in [4.78, 5) is 51.2. The summed E-state index contributed by atoms with van der Waals surface area (Å²) in [5.74, 6) is -2.43. The first-order chi connectivity index (χ1) is 14.9. The smallest absolute Gasteiger partial charge is 0.335 e. The summed E-state index contributed by atoms with van der Waals surface area (Å²) in [5, 5.41) is 4.94. The lowest BCUT2D eigenvalue weighted by Crippen LogP contribution is -2.42. The van der Waals surface area contributed by atoms with Gasteiger partial charge in [0.1, 0.15) is 6.54 Å². The second kappa shape index (κ2) is 8.39. The number of benzene rings is 3. The minimum absolute atomic E-state index is 0.0180. The van der Waals surface area contributed by atoms with Gasteiger partial charge in [-0.2, -0.15) is 0 Å². The van der Waals surface area contributed by atoms with Crippen LogP contribution in [0.5, 0.6) is 0 Å². The molecule has 0 bridgehead atoms. The fourth-order valence-electron chi connectivity index (χ4n) is 3.59. The van der Waals surface area contributed by atoms with Gasteiger partial charge in [-0.25, -0.2) is 9.69 Å². The fourth-order valence-corrected chi connectivity index (χ4v) is 3.59. The van der Waals surface area contributed by atoms with Crippen molar-refractivity contribution in [2.45, 2.75) is 19.5 Å². The zero-order chi connectivity index (χ0) is 22.0. The van der Waals surface area contributed by atoms with Gasteiger partial charge in [-0.1, -0.05) is 66.7 Å². The molecule has 4 rings (SSSR count). The molecule has 156 valence electrons. The van der Waals surface area contributed by atoms with Gasteiger partial charge in [0.05, 0.1) is 12.6 Å². The first kappa shape index (κ1) is 20.3. The molecule has 1 heterocycles. The molecule has 1 fully saturated rings. The maximum absolute atomic E-state index is 12.6. The van der Waals surface area contributed by atoms with Gasteiger partial charge in [-0.3, -0.25) is 19.3 Å². The van der Waals surface area contributed by atoms with E-state index in [0.717, 1.165) is 21.2 Å². The minimum atomic E-state index is -0.991. The summed E-state index contributed by atoms with van der Waals surface area (Å²) in [6.07, 6.45) is 0. The minimum Gasteiger partial charge on any atom is -0.348 e. The molecule has 0 spiro atoms. The van der Waals surface area contributed by atoms with Crippen molar-refractivity contribution < 1.29 is 19.2 Å². The number of nitrogens with zero attached hydrogens (tertiary/aromatic N) is 2. The molecular formula is C24H21N3O4. The molecule has 3 aromatic carbocycles. The molecule has 1 unspecified atom stereocenters. The van der Waals surface area contributed by atoms with E-state index in [1.165, 1.54) is 0 Å². The second-order valence-corrected chi connectivity index (χ2v) is 7.45. The SMILES string of the molecule is CC(NC(=O)CN1C(=O)C(=O)N(Cc2ccccc2)C1=O)c1ccc2ccccc2c1. The second-order valence-electron chi connectivity index (χ2n) is 7.45. The number of fused-ring (bicyclic) bond motifs is 1. The Hall–Kier alpha value is -4.00. The highest BCUT2D eigenvalue weighted by molar-refractivity contribution is 6.44. The van der Waals surface area contributed by atoms with Crippen molar-refractivity contribution >= 4 is 34.5 Å². The van der Waals surface area contributed by atoms with Crippen LogP contribution in [-0.2, 0) is 20.9 Å². The Kier molecular flexibility index (Phi) is 5.49. The first-order valence-corrected chi connectivity index (χ1v) is 9.93. The summed E-state index contributed by atoms with van der Waals surface area (Å²) in [6, 6.07) is 21.5. The van der Waals surface area contributed by atoms with Crippen LogP contribution in [0.1, 0.15) is 24.1 Å². The van der Waals surface area contributed by atoms with E-state index in [9.17, 15) is 19.2 Å². The normalized spacial score (nSPS) is 14.9. The monoisotopic (exact) mass is 415 g/mol. The number of hydrogen-bond donors (Lipinski definition) is 1. The number of urea groups is 1. The van der Waals surface area contributed by atoms with Crippen molar-refractivity contribution in [3.05, 3.63) is 83.9 Å². The Balaban J connectivity index is 1.41. The average Bonchev–Trinajstić information content (AvgIpc) is 2.97. The van der Waals surface area contributed by atoms with E-state index in [0.29, 0.717) is 10.5 Å². The van der Waals surface area contributed by atoms with Crippen LogP contribution in [-0.4, -0.2) is 40.1 Å². The zero-order valence-electron chi connectivity index (χ0n) is 16.9. The number of hydrogen-bond acceptors (Lipinski definition) is 4. The van der Waals surface area contributed by atoms with E-state index in [1.54, 1.807) is 24.3 Å². The number of amides is 5. The van der Waals surface area contributed by atoms with E-state index < -0.39 is 30.3 Å². The Morgan fingerprint density at radius 2 is 1.48 bits per heavy atom. The molecule has 1 aliphatic rings. The fraction of sp³-hybridized carbons (Fsp3) is 0.167. The molecule has 0 radical (unpaired) electrons. The lowest BCUT2D eigenvalue weighted by atomic mass is 10.0. The molecule has 3 aromatic rings. The van der Waals surface area contributed by atoms with Gasteiger partial charge >= 0.3 is 17.8 Å². The third kappa shape index (κ3) is 4.16. The summed E-state index contributed by atoms with van der Waals surface area (Å²) in [7, 11) is 0. The highest BCUT2D eigenvalue weighted by Gasteiger charge is 2.45. The highest BCUT2D eigenvalue weighted by Crippen LogP contribution is 2.21. The van der Waals surface area contributed by atoms with Crippen molar-refractivity contribution in [3.8, 4) is 0 Å². The molecule has 1 saturated heterocycles. The van der Waals surface area contributed by atoms with Crippen LogP contribution in [0, 0.1) is 0 Å². The summed E-state index contributed by atoms with van der Waals surface area (Å²) >= 11 is 0. The number of imide groups is 2. The van der Waals surface area contributed by atoms with Gasteiger partial charge in [0.15, 0.2) is 0 Å². The van der Waals surface area contributed by atoms with Crippen LogP contribution in [0.25, 0.3) is 10.8 Å². The number of carbonyl (C=O) groups is 4.